The maximum absolute atomic E-state index is 4.10. The van der Waals surface area contributed by atoms with Gasteiger partial charge in [-0.25, -0.2) is 0 Å². The Morgan fingerprint density at radius 1 is 0.656 bits per heavy atom. The molecule has 174 valence electrons. The number of nitrogens with one attached hydrogen (secondary N) is 2. The summed E-state index contributed by atoms with van der Waals surface area (Å²) >= 11 is 4.15. The molecule has 0 saturated carbocycles. The minimum Gasteiger partial charge on any atom is -0.304 e. The summed E-state index contributed by atoms with van der Waals surface area (Å²) in [5.41, 5.74) is 5.98. The zero-order chi connectivity index (χ0) is 22.9. The van der Waals surface area contributed by atoms with Gasteiger partial charge in [0, 0.05) is 33.1 Å². The van der Waals surface area contributed by atoms with Crippen LogP contribution in [0.1, 0.15) is 75.9 Å². The van der Waals surface area contributed by atoms with E-state index < -0.39 is 0 Å². The second-order valence-electron chi connectivity index (χ2n) is 11.3. The lowest BCUT2D eigenvalue weighted by molar-refractivity contribution is 0.301. The van der Waals surface area contributed by atoms with Gasteiger partial charge < -0.3 is 10.6 Å². The first-order valence-electron chi connectivity index (χ1n) is 12.0. The number of thioether (sulfide) groups is 2. The zero-order valence-corrected chi connectivity index (χ0v) is 22.2. The highest BCUT2D eigenvalue weighted by Gasteiger charge is 2.37. The Labute approximate surface area is 204 Å². The van der Waals surface area contributed by atoms with Crippen molar-refractivity contribution in [1.29, 1.82) is 0 Å². The lowest BCUT2D eigenvalue weighted by Crippen LogP contribution is -2.51. The number of hydrogen-bond acceptors (Lipinski definition) is 4. The van der Waals surface area contributed by atoms with Crippen molar-refractivity contribution in [3.8, 4) is 0 Å². The molecule has 0 aromatic heterocycles. The van der Waals surface area contributed by atoms with E-state index in [0.29, 0.717) is 33.7 Å². The molecule has 4 rings (SSSR count). The molecule has 2 heterocycles. The van der Waals surface area contributed by atoms with E-state index in [1.807, 2.05) is 0 Å². The van der Waals surface area contributed by atoms with Gasteiger partial charge in [-0.3, -0.25) is 0 Å². The van der Waals surface area contributed by atoms with E-state index in [0.717, 1.165) is 24.3 Å². The third kappa shape index (κ3) is 6.14. The van der Waals surface area contributed by atoms with Crippen LogP contribution in [0.15, 0.2) is 48.5 Å². The standard InChI is InChI=1S/C28H40N2S2/c1-27(2,3)31-17-21-15-19-11-7-9-13-23(19)25(29-21)26-24-14-10-8-12-20(24)16-22(30-26)18-32-28(4,5)6/h7-14,21-22,25-26,29-30H,15-18H2,1-6H3/t21-,22-,25-,26-/m0/s1. The molecule has 0 unspecified atom stereocenters. The minimum atomic E-state index is 0.291. The van der Waals surface area contributed by atoms with Crippen LogP contribution in [-0.4, -0.2) is 33.1 Å². The van der Waals surface area contributed by atoms with Crippen molar-refractivity contribution in [1.82, 2.24) is 10.6 Å². The maximum atomic E-state index is 4.10. The molecule has 4 atom stereocenters. The van der Waals surface area contributed by atoms with Crippen LogP contribution in [0, 0.1) is 0 Å². The predicted molar refractivity (Wildman–Crippen MR) is 144 cm³/mol. The van der Waals surface area contributed by atoms with Crippen LogP contribution >= 0.6 is 23.5 Å². The van der Waals surface area contributed by atoms with Crippen molar-refractivity contribution >= 4 is 23.5 Å². The third-order valence-electron chi connectivity index (χ3n) is 6.31. The van der Waals surface area contributed by atoms with Gasteiger partial charge in [-0.2, -0.15) is 23.5 Å². The van der Waals surface area contributed by atoms with Crippen LogP contribution in [0.5, 0.6) is 0 Å². The van der Waals surface area contributed by atoms with Gasteiger partial charge in [-0.15, -0.1) is 0 Å². The summed E-state index contributed by atoms with van der Waals surface area (Å²) in [4.78, 5) is 0. The quantitative estimate of drug-likeness (QED) is 0.519. The first kappa shape index (κ1) is 24.2. The second kappa shape index (κ2) is 9.74. The second-order valence-corrected chi connectivity index (χ2v) is 15.0. The molecule has 2 aromatic carbocycles. The van der Waals surface area contributed by atoms with Gasteiger partial charge in [-0.1, -0.05) is 90.1 Å². The van der Waals surface area contributed by atoms with Gasteiger partial charge in [0.1, 0.15) is 0 Å². The number of fused-ring (bicyclic) bond motifs is 2. The average Bonchev–Trinajstić information content (AvgIpc) is 2.74. The third-order valence-corrected chi connectivity index (χ3v) is 9.18. The molecular weight excluding hydrogens is 428 g/mol. The average molecular weight is 469 g/mol. The van der Waals surface area contributed by atoms with Crippen molar-refractivity contribution in [2.24, 2.45) is 0 Å². The fourth-order valence-electron chi connectivity index (χ4n) is 4.85. The summed E-state index contributed by atoms with van der Waals surface area (Å²) in [6.07, 6.45) is 2.24. The minimum absolute atomic E-state index is 0.291. The van der Waals surface area contributed by atoms with Crippen molar-refractivity contribution in [2.75, 3.05) is 11.5 Å². The Hall–Kier alpha value is -0.940. The van der Waals surface area contributed by atoms with Crippen molar-refractivity contribution in [3.63, 3.8) is 0 Å². The molecule has 2 N–H and O–H groups in total. The molecule has 0 saturated heterocycles. The predicted octanol–water partition coefficient (Wildman–Crippen LogP) is 6.56. The monoisotopic (exact) mass is 468 g/mol. The van der Waals surface area contributed by atoms with Gasteiger partial charge in [0.2, 0.25) is 0 Å². The molecule has 2 aromatic rings. The van der Waals surface area contributed by atoms with E-state index in [1.54, 1.807) is 0 Å². The number of rotatable bonds is 5. The van der Waals surface area contributed by atoms with Gasteiger partial charge >= 0.3 is 0 Å². The molecule has 0 fully saturated rings. The molecule has 0 spiro atoms. The molecule has 32 heavy (non-hydrogen) atoms. The lowest BCUT2D eigenvalue weighted by Gasteiger charge is -2.43. The Morgan fingerprint density at radius 2 is 1.03 bits per heavy atom. The summed E-state index contributed by atoms with van der Waals surface area (Å²) in [5, 5.41) is 8.19. The lowest BCUT2D eigenvalue weighted by atomic mass is 9.80. The smallest absolute Gasteiger partial charge is 0.0523 e. The van der Waals surface area contributed by atoms with Crippen molar-refractivity contribution in [3.05, 3.63) is 70.8 Å². The first-order chi connectivity index (χ1) is 15.1. The van der Waals surface area contributed by atoms with Crippen LogP contribution in [0.2, 0.25) is 0 Å². The summed E-state index contributed by atoms with van der Waals surface area (Å²) in [6, 6.07) is 19.8. The molecule has 2 aliphatic rings. The van der Waals surface area contributed by atoms with Crippen LogP contribution in [0.4, 0.5) is 0 Å². The topological polar surface area (TPSA) is 24.1 Å². The Kier molecular flexibility index (Phi) is 7.36. The molecule has 4 heteroatoms. The van der Waals surface area contributed by atoms with Gasteiger partial charge in [-0.05, 0) is 35.1 Å². The highest BCUT2D eigenvalue weighted by molar-refractivity contribution is 8.00. The molecule has 0 bridgehead atoms. The fourth-order valence-corrected chi connectivity index (χ4v) is 6.68. The van der Waals surface area contributed by atoms with E-state index in [4.69, 9.17) is 0 Å². The normalized spacial score (nSPS) is 25.8. The van der Waals surface area contributed by atoms with Gasteiger partial charge in [0.25, 0.3) is 0 Å². The van der Waals surface area contributed by atoms with Gasteiger partial charge in [0.15, 0.2) is 0 Å². The number of hydrogen-bond donors (Lipinski definition) is 2. The van der Waals surface area contributed by atoms with Gasteiger partial charge in [0.05, 0.1) is 12.1 Å². The van der Waals surface area contributed by atoms with E-state index in [1.165, 1.54) is 22.3 Å². The molecule has 2 aliphatic heterocycles. The SMILES string of the molecule is CC(C)(C)SC[C@@H]1Cc2ccccc2[C@@H]([C@H]2N[C@H](CSC(C)(C)C)Cc3ccccc32)N1. The molecule has 2 nitrogen and oxygen atoms in total. The Bertz CT molecular complexity index is 837. The van der Waals surface area contributed by atoms with E-state index in [9.17, 15) is 0 Å². The zero-order valence-electron chi connectivity index (χ0n) is 20.6. The van der Waals surface area contributed by atoms with Crippen LogP contribution in [0.25, 0.3) is 0 Å². The number of benzene rings is 2. The van der Waals surface area contributed by atoms with Crippen LogP contribution < -0.4 is 10.6 Å². The van der Waals surface area contributed by atoms with E-state index in [-0.39, 0.29) is 0 Å². The fraction of sp³-hybridized carbons (Fsp3) is 0.571. The summed E-state index contributed by atoms with van der Waals surface area (Å²) in [6.45, 7) is 13.9. The Balaban J connectivity index is 1.63. The largest absolute Gasteiger partial charge is 0.304 e. The molecule has 0 radical (unpaired) electrons. The highest BCUT2D eigenvalue weighted by Crippen LogP contribution is 2.40. The van der Waals surface area contributed by atoms with Crippen LogP contribution in [0.3, 0.4) is 0 Å². The van der Waals surface area contributed by atoms with E-state index in [2.05, 4.69) is 124 Å². The first-order valence-corrected chi connectivity index (χ1v) is 14.0. The summed E-state index contributed by atoms with van der Waals surface area (Å²) in [7, 11) is 0. The highest BCUT2D eigenvalue weighted by atomic mass is 32.2. The maximum Gasteiger partial charge on any atom is 0.0523 e. The van der Waals surface area contributed by atoms with E-state index >= 15 is 0 Å². The molecule has 0 amide bonds. The van der Waals surface area contributed by atoms with Crippen molar-refractivity contribution < 1.29 is 0 Å². The summed E-state index contributed by atoms with van der Waals surface area (Å²) < 4.78 is 0.582. The Morgan fingerprint density at radius 3 is 1.41 bits per heavy atom. The molecular formula is C28H40N2S2. The summed E-state index contributed by atoms with van der Waals surface area (Å²) in [5.74, 6) is 2.29. The molecule has 0 aliphatic carbocycles. The van der Waals surface area contributed by atoms with Crippen LogP contribution in [-0.2, 0) is 12.8 Å². The van der Waals surface area contributed by atoms with Crippen molar-refractivity contribution in [2.45, 2.75) is 88.0 Å².